The highest BCUT2D eigenvalue weighted by Crippen LogP contribution is 2.24. The van der Waals surface area contributed by atoms with Gasteiger partial charge < -0.3 is 10.6 Å². The van der Waals surface area contributed by atoms with Gasteiger partial charge in [0, 0.05) is 31.2 Å². The number of nitrogens with two attached hydrogens (primary N) is 1. The van der Waals surface area contributed by atoms with Gasteiger partial charge in [-0.25, -0.2) is 4.98 Å². The van der Waals surface area contributed by atoms with E-state index in [1.54, 1.807) is 0 Å². The van der Waals surface area contributed by atoms with Crippen LogP contribution < -0.4 is 10.6 Å². The Hall–Kier alpha value is -1.09. The molecule has 1 unspecified atom stereocenters. The Morgan fingerprint density at radius 3 is 2.42 bits per heavy atom. The van der Waals surface area contributed by atoms with Crippen molar-refractivity contribution in [1.82, 2.24) is 4.98 Å². The van der Waals surface area contributed by atoms with Crippen molar-refractivity contribution < 1.29 is 0 Å². The molecule has 0 aliphatic carbocycles. The van der Waals surface area contributed by atoms with Gasteiger partial charge in [-0.1, -0.05) is 41.0 Å². The summed E-state index contributed by atoms with van der Waals surface area (Å²) in [7, 11) is 2.11. The second-order valence-electron chi connectivity index (χ2n) is 6.57. The average Bonchev–Trinajstić information content (AvgIpc) is 2.36. The highest BCUT2D eigenvalue weighted by atomic mass is 15.2. The zero-order valence-corrected chi connectivity index (χ0v) is 13.3. The molecule has 0 saturated carbocycles. The van der Waals surface area contributed by atoms with Gasteiger partial charge in [-0.3, -0.25) is 0 Å². The van der Waals surface area contributed by atoms with E-state index in [0.29, 0.717) is 12.5 Å². The molecule has 0 amide bonds. The molecule has 1 aromatic rings. The van der Waals surface area contributed by atoms with Crippen LogP contribution in [-0.4, -0.2) is 18.6 Å². The minimum Gasteiger partial charge on any atom is -0.359 e. The first-order chi connectivity index (χ1) is 8.77. The van der Waals surface area contributed by atoms with E-state index in [4.69, 9.17) is 10.7 Å². The molecule has 108 valence electrons. The molecule has 3 heteroatoms. The summed E-state index contributed by atoms with van der Waals surface area (Å²) in [6.07, 6.45) is 1.19. The molecule has 1 heterocycles. The zero-order valence-electron chi connectivity index (χ0n) is 13.3. The number of hydrogen-bond acceptors (Lipinski definition) is 3. The van der Waals surface area contributed by atoms with Crippen molar-refractivity contribution in [1.29, 1.82) is 0 Å². The van der Waals surface area contributed by atoms with Gasteiger partial charge in [0.15, 0.2) is 0 Å². The van der Waals surface area contributed by atoms with Gasteiger partial charge in [0.05, 0.1) is 0 Å². The van der Waals surface area contributed by atoms with Gasteiger partial charge in [-0.05, 0) is 23.6 Å². The molecule has 1 atom stereocenters. The fraction of sp³-hybridized carbons (Fsp3) is 0.688. The van der Waals surface area contributed by atoms with Crippen LogP contribution in [-0.2, 0) is 12.0 Å². The molecule has 3 nitrogen and oxygen atoms in total. The molecule has 0 aliphatic heterocycles. The molecule has 2 N–H and O–H groups in total. The molecule has 0 aromatic carbocycles. The minimum absolute atomic E-state index is 0.0527. The molecule has 1 aromatic heterocycles. The summed E-state index contributed by atoms with van der Waals surface area (Å²) in [6.45, 7) is 12.7. The van der Waals surface area contributed by atoms with Crippen LogP contribution in [0.15, 0.2) is 12.1 Å². The van der Waals surface area contributed by atoms with Gasteiger partial charge in [0.1, 0.15) is 5.82 Å². The number of hydrogen-bond donors (Lipinski definition) is 1. The van der Waals surface area contributed by atoms with E-state index in [0.717, 1.165) is 23.6 Å². The minimum atomic E-state index is 0.0527. The molecule has 0 bridgehead atoms. The summed E-state index contributed by atoms with van der Waals surface area (Å²) < 4.78 is 0. The number of anilines is 1. The topological polar surface area (TPSA) is 42.1 Å². The van der Waals surface area contributed by atoms with Gasteiger partial charge >= 0.3 is 0 Å². The molecule has 0 radical (unpaired) electrons. The van der Waals surface area contributed by atoms with Gasteiger partial charge in [-0.15, -0.1) is 0 Å². The first kappa shape index (κ1) is 16.0. The molecular formula is C16H29N3. The van der Waals surface area contributed by atoms with Crippen LogP contribution in [0.3, 0.4) is 0 Å². The number of rotatable bonds is 5. The fourth-order valence-electron chi connectivity index (χ4n) is 1.96. The summed E-state index contributed by atoms with van der Waals surface area (Å²) in [6, 6.07) is 4.23. The summed E-state index contributed by atoms with van der Waals surface area (Å²) >= 11 is 0. The SMILES string of the molecule is CCC(C)CN(C)c1cc(CN)cc(C(C)(C)C)n1. The Morgan fingerprint density at radius 2 is 1.95 bits per heavy atom. The lowest BCUT2D eigenvalue weighted by Crippen LogP contribution is -2.26. The summed E-state index contributed by atoms with van der Waals surface area (Å²) in [5, 5.41) is 0. The average molecular weight is 263 g/mol. The number of pyridine rings is 1. The quantitative estimate of drug-likeness (QED) is 0.886. The van der Waals surface area contributed by atoms with E-state index < -0.39 is 0 Å². The predicted octanol–water partition coefficient (Wildman–Crippen LogP) is 3.32. The van der Waals surface area contributed by atoms with Crippen LogP contribution in [0.25, 0.3) is 0 Å². The third kappa shape index (κ3) is 4.50. The lowest BCUT2D eigenvalue weighted by molar-refractivity contribution is 0.548. The zero-order chi connectivity index (χ0) is 14.6. The Morgan fingerprint density at radius 1 is 1.32 bits per heavy atom. The van der Waals surface area contributed by atoms with Crippen molar-refractivity contribution in [2.24, 2.45) is 11.7 Å². The van der Waals surface area contributed by atoms with E-state index in [1.165, 1.54) is 6.42 Å². The van der Waals surface area contributed by atoms with Crippen molar-refractivity contribution in [2.75, 3.05) is 18.5 Å². The Labute approximate surface area is 118 Å². The van der Waals surface area contributed by atoms with Crippen molar-refractivity contribution in [3.63, 3.8) is 0 Å². The molecule has 0 spiro atoms. The highest BCUT2D eigenvalue weighted by Gasteiger charge is 2.18. The van der Waals surface area contributed by atoms with Gasteiger partial charge in [0.25, 0.3) is 0 Å². The largest absolute Gasteiger partial charge is 0.359 e. The first-order valence-electron chi connectivity index (χ1n) is 7.20. The van der Waals surface area contributed by atoms with E-state index in [1.807, 2.05) is 0 Å². The Bertz CT molecular complexity index is 407. The van der Waals surface area contributed by atoms with Crippen LogP contribution in [0, 0.1) is 5.92 Å². The maximum atomic E-state index is 5.81. The fourth-order valence-corrected chi connectivity index (χ4v) is 1.96. The molecular weight excluding hydrogens is 234 g/mol. The Kier molecular flexibility index (Phi) is 5.36. The monoisotopic (exact) mass is 263 g/mol. The van der Waals surface area contributed by atoms with Crippen LogP contribution in [0.2, 0.25) is 0 Å². The standard InChI is InChI=1S/C16H29N3/c1-7-12(2)11-19(6)15-9-13(10-17)8-14(18-15)16(3,4)5/h8-9,12H,7,10-11,17H2,1-6H3. The van der Waals surface area contributed by atoms with E-state index in [2.05, 4.69) is 58.7 Å². The highest BCUT2D eigenvalue weighted by molar-refractivity contribution is 5.43. The molecule has 1 rings (SSSR count). The summed E-state index contributed by atoms with van der Waals surface area (Å²) in [5.41, 5.74) is 8.14. The van der Waals surface area contributed by atoms with E-state index in [9.17, 15) is 0 Å². The second kappa shape index (κ2) is 6.38. The van der Waals surface area contributed by atoms with Gasteiger partial charge in [-0.2, -0.15) is 0 Å². The molecule has 19 heavy (non-hydrogen) atoms. The smallest absolute Gasteiger partial charge is 0.128 e. The lowest BCUT2D eigenvalue weighted by Gasteiger charge is -2.25. The number of aromatic nitrogens is 1. The van der Waals surface area contributed by atoms with Crippen molar-refractivity contribution in [2.45, 2.75) is 53.0 Å². The number of nitrogens with zero attached hydrogens (tertiary/aromatic N) is 2. The second-order valence-corrected chi connectivity index (χ2v) is 6.57. The first-order valence-corrected chi connectivity index (χ1v) is 7.20. The van der Waals surface area contributed by atoms with Crippen molar-refractivity contribution in [3.05, 3.63) is 23.4 Å². The van der Waals surface area contributed by atoms with Gasteiger partial charge in [0.2, 0.25) is 0 Å². The summed E-state index contributed by atoms with van der Waals surface area (Å²) in [5.74, 6) is 1.71. The Balaban J connectivity index is 3.06. The van der Waals surface area contributed by atoms with Crippen LogP contribution in [0.1, 0.15) is 52.3 Å². The normalized spacial score (nSPS) is 13.4. The van der Waals surface area contributed by atoms with Crippen LogP contribution in [0.4, 0.5) is 5.82 Å². The predicted molar refractivity (Wildman–Crippen MR) is 83.6 cm³/mol. The third-order valence-electron chi connectivity index (χ3n) is 3.55. The third-order valence-corrected chi connectivity index (χ3v) is 3.55. The van der Waals surface area contributed by atoms with Crippen LogP contribution >= 0.6 is 0 Å². The molecule has 0 saturated heterocycles. The maximum Gasteiger partial charge on any atom is 0.128 e. The van der Waals surface area contributed by atoms with Crippen molar-refractivity contribution in [3.8, 4) is 0 Å². The lowest BCUT2D eigenvalue weighted by atomic mass is 9.90. The molecule has 0 fully saturated rings. The maximum absolute atomic E-state index is 5.81. The summed E-state index contributed by atoms with van der Waals surface area (Å²) in [4.78, 5) is 7.05. The van der Waals surface area contributed by atoms with E-state index >= 15 is 0 Å². The van der Waals surface area contributed by atoms with E-state index in [-0.39, 0.29) is 5.41 Å². The molecule has 0 aliphatic rings. The van der Waals surface area contributed by atoms with Crippen LogP contribution in [0.5, 0.6) is 0 Å². The van der Waals surface area contributed by atoms with Crippen molar-refractivity contribution >= 4 is 5.82 Å².